The smallest absolute Gasteiger partial charge is 0.0977 e. The number of para-hydroxylation sites is 1. The molecule has 0 spiro atoms. The van der Waals surface area contributed by atoms with Crippen LogP contribution in [0.2, 0.25) is 0 Å². The van der Waals surface area contributed by atoms with Gasteiger partial charge in [0.25, 0.3) is 0 Å². The van der Waals surface area contributed by atoms with Crippen LogP contribution in [0.4, 0.5) is 5.69 Å². The highest BCUT2D eigenvalue weighted by Gasteiger charge is 2.06. The number of rotatable bonds is 4. The molecular formula is C20H18N2. The number of anilines is 1. The number of nitrogens with zero attached hydrogens (tertiary/aromatic N) is 1. The maximum absolute atomic E-state index is 4.66. The lowest BCUT2D eigenvalue weighted by Crippen LogP contribution is -2.06. The summed E-state index contributed by atoms with van der Waals surface area (Å²) in [6.45, 7) is 2.07. The van der Waals surface area contributed by atoms with E-state index in [1.807, 2.05) is 54.6 Å². The summed E-state index contributed by atoms with van der Waals surface area (Å²) >= 11 is 0. The molecule has 22 heavy (non-hydrogen) atoms. The van der Waals surface area contributed by atoms with Gasteiger partial charge >= 0.3 is 0 Å². The van der Waals surface area contributed by atoms with Crippen molar-refractivity contribution in [3.8, 4) is 0 Å². The molecule has 0 heterocycles. The SMILES string of the molecule is Cc1ccccc1NN=C(c1ccccc1)c1ccccc1. The number of benzene rings is 3. The van der Waals surface area contributed by atoms with Gasteiger partial charge in [0, 0.05) is 11.1 Å². The molecule has 0 unspecified atom stereocenters. The first-order valence-corrected chi connectivity index (χ1v) is 7.35. The van der Waals surface area contributed by atoms with Crippen molar-refractivity contribution in [2.45, 2.75) is 6.92 Å². The van der Waals surface area contributed by atoms with E-state index in [1.54, 1.807) is 0 Å². The molecule has 0 saturated carbocycles. The van der Waals surface area contributed by atoms with Gasteiger partial charge in [0.2, 0.25) is 0 Å². The highest BCUT2D eigenvalue weighted by molar-refractivity contribution is 6.13. The topological polar surface area (TPSA) is 24.4 Å². The molecule has 0 radical (unpaired) electrons. The Morgan fingerprint density at radius 2 is 1.18 bits per heavy atom. The van der Waals surface area contributed by atoms with Crippen LogP contribution in [0.1, 0.15) is 16.7 Å². The van der Waals surface area contributed by atoms with Gasteiger partial charge < -0.3 is 0 Å². The third-order valence-corrected chi connectivity index (χ3v) is 3.53. The van der Waals surface area contributed by atoms with Crippen molar-refractivity contribution < 1.29 is 0 Å². The largest absolute Gasteiger partial charge is 0.278 e. The number of nitrogens with one attached hydrogen (secondary N) is 1. The Bertz CT molecular complexity index is 720. The minimum absolute atomic E-state index is 0.935. The molecule has 0 atom stereocenters. The number of hydrazone groups is 1. The van der Waals surface area contributed by atoms with Gasteiger partial charge in [0.05, 0.1) is 11.4 Å². The molecule has 0 aliphatic carbocycles. The highest BCUT2D eigenvalue weighted by atomic mass is 15.3. The Hall–Kier alpha value is -2.87. The molecule has 2 heteroatoms. The summed E-state index contributed by atoms with van der Waals surface area (Å²) in [4.78, 5) is 0. The van der Waals surface area contributed by atoms with Crippen LogP contribution in [0.5, 0.6) is 0 Å². The second-order valence-corrected chi connectivity index (χ2v) is 5.12. The lowest BCUT2D eigenvalue weighted by Gasteiger charge is -2.10. The molecule has 3 rings (SSSR count). The van der Waals surface area contributed by atoms with Crippen molar-refractivity contribution in [2.24, 2.45) is 5.10 Å². The molecule has 0 aromatic heterocycles. The lowest BCUT2D eigenvalue weighted by atomic mass is 10.0. The Kier molecular flexibility index (Phi) is 4.30. The predicted molar refractivity (Wildman–Crippen MR) is 93.3 cm³/mol. The van der Waals surface area contributed by atoms with Crippen molar-refractivity contribution >= 4 is 11.4 Å². The first kappa shape index (κ1) is 14.1. The van der Waals surface area contributed by atoms with Crippen LogP contribution in [0.25, 0.3) is 0 Å². The molecule has 0 bridgehead atoms. The second kappa shape index (κ2) is 6.72. The van der Waals surface area contributed by atoms with Gasteiger partial charge in [-0.25, -0.2) is 0 Å². The summed E-state index contributed by atoms with van der Waals surface area (Å²) in [7, 11) is 0. The van der Waals surface area contributed by atoms with Crippen LogP contribution >= 0.6 is 0 Å². The van der Waals surface area contributed by atoms with Crippen molar-refractivity contribution in [3.05, 3.63) is 102 Å². The first-order valence-electron chi connectivity index (χ1n) is 7.35. The summed E-state index contributed by atoms with van der Waals surface area (Å²) in [5.41, 5.74) is 8.51. The van der Waals surface area contributed by atoms with Crippen molar-refractivity contribution in [1.29, 1.82) is 0 Å². The zero-order chi connectivity index (χ0) is 15.2. The summed E-state index contributed by atoms with van der Waals surface area (Å²) in [5, 5.41) is 4.66. The molecular weight excluding hydrogens is 268 g/mol. The third-order valence-electron chi connectivity index (χ3n) is 3.53. The van der Waals surface area contributed by atoms with Crippen LogP contribution < -0.4 is 5.43 Å². The summed E-state index contributed by atoms with van der Waals surface area (Å²) < 4.78 is 0. The van der Waals surface area contributed by atoms with Crippen molar-refractivity contribution in [1.82, 2.24) is 0 Å². The molecule has 1 N–H and O–H groups in total. The van der Waals surface area contributed by atoms with E-state index in [0.29, 0.717) is 0 Å². The van der Waals surface area contributed by atoms with Crippen LogP contribution in [-0.2, 0) is 0 Å². The molecule has 108 valence electrons. The van der Waals surface area contributed by atoms with Crippen molar-refractivity contribution in [2.75, 3.05) is 5.43 Å². The van der Waals surface area contributed by atoms with Crippen LogP contribution in [0.15, 0.2) is 90.0 Å². The minimum Gasteiger partial charge on any atom is -0.278 e. The normalized spacial score (nSPS) is 10.0. The van der Waals surface area contributed by atoms with E-state index in [0.717, 1.165) is 22.5 Å². The second-order valence-electron chi connectivity index (χ2n) is 5.12. The van der Waals surface area contributed by atoms with E-state index in [9.17, 15) is 0 Å². The molecule has 3 aromatic carbocycles. The molecule has 0 fully saturated rings. The van der Waals surface area contributed by atoms with Crippen LogP contribution in [0.3, 0.4) is 0 Å². The number of aryl methyl sites for hydroxylation is 1. The van der Waals surface area contributed by atoms with Crippen LogP contribution in [0, 0.1) is 6.92 Å². The Morgan fingerprint density at radius 1 is 0.682 bits per heavy atom. The molecule has 0 amide bonds. The van der Waals surface area contributed by atoms with E-state index >= 15 is 0 Å². The monoisotopic (exact) mass is 286 g/mol. The average Bonchev–Trinajstić information content (AvgIpc) is 2.59. The zero-order valence-corrected chi connectivity index (χ0v) is 12.5. The standard InChI is InChI=1S/C20H18N2/c1-16-10-8-9-15-19(16)21-22-20(17-11-4-2-5-12-17)18-13-6-3-7-14-18/h2-15,21H,1H3. The third kappa shape index (κ3) is 3.23. The lowest BCUT2D eigenvalue weighted by molar-refractivity contribution is 1.29. The van der Waals surface area contributed by atoms with Crippen LogP contribution in [-0.4, -0.2) is 5.71 Å². The molecule has 0 aliphatic rings. The maximum Gasteiger partial charge on any atom is 0.0977 e. The first-order chi connectivity index (χ1) is 10.8. The maximum atomic E-state index is 4.66. The van der Waals surface area contributed by atoms with E-state index < -0.39 is 0 Å². The predicted octanol–water partition coefficient (Wildman–Crippen LogP) is 4.86. The summed E-state index contributed by atoms with van der Waals surface area (Å²) in [6.07, 6.45) is 0. The van der Waals surface area contributed by atoms with E-state index in [2.05, 4.69) is 47.8 Å². The Morgan fingerprint density at radius 3 is 1.73 bits per heavy atom. The van der Waals surface area contributed by atoms with Gasteiger partial charge in [-0.2, -0.15) is 5.10 Å². The number of hydrogen-bond donors (Lipinski definition) is 1. The van der Waals surface area contributed by atoms with E-state index in [-0.39, 0.29) is 0 Å². The molecule has 0 saturated heterocycles. The minimum atomic E-state index is 0.935. The van der Waals surface area contributed by atoms with E-state index in [4.69, 9.17) is 0 Å². The fourth-order valence-electron chi connectivity index (χ4n) is 2.30. The summed E-state index contributed by atoms with van der Waals surface area (Å²) in [5.74, 6) is 0. The Balaban J connectivity index is 1.99. The summed E-state index contributed by atoms with van der Waals surface area (Å²) in [6, 6.07) is 28.6. The molecule has 2 nitrogen and oxygen atoms in total. The average molecular weight is 286 g/mol. The molecule has 0 aliphatic heterocycles. The fourth-order valence-corrected chi connectivity index (χ4v) is 2.30. The Labute approximate surface area is 131 Å². The van der Waals surface area contributed by atoms with Gasteiger partial charge in [0.15, 0.2) is 0 Å². The van der Waals surface area contributed by atoms with Gasteiger partial charge in [-0.1, -0.05) is 78.9 Å². The van der Waals surface area contributed by atoms with Gasteiger partial charge in [-0.05, 0) is 18.6 Å². The zero-order valence-electron chi connectivity index (χ0n) is 12.5. The number of hydrogen-bond acceptors (Lipinski definition) is 2. The van der Waals surface area contributed by atoms with Gasteiger partial charge in [-0.3, -0.25) is 5.43 Å². The molecule has 3 aromatic rings. The fraction of sp³-hybridized carbons (Fsp3) is 0.0500. The van der Waals surface area contributed by atoms with Gasteiger partial charge in [0.1, 0.15) is 0 Å². The van der Waals surface area contributed by atoms with E-state index in [1.165, 1.54) is 5.56 Å². The van der Waals surface area contributed by atoms with Crippen molar-refractivity contribution in [3.63, 3.8) is 0 Å². The quantitative estimate of drug-likeness (QED) is 0.537. The highest BCUT2D eigenvalue weighted by Crippen LogP contribution is 2.15. The van der Waals surface area contributed by atoms with Gasteiger partial charge in [-0.15, -0.1) is 0 Å².